The lowest BCUT2D eigenvalue weighted by Crippen LogP contribution is -2.38. The highest BCUT2D eigenvalue weighted by molar-refractivity contribution is 7.15. The van der Waals surface area contributed by atoms with Gasteiger partial charge in [0.05, 0.1) is 38.2 Å². The van der Waals surface area contributed by atoms with Gasteiger partial charge in [-0.2, -0.15) is 0 Å². The number of hydrogen-bond acceptors (Lipinski definition) is 4. The number of thiophene rings is 1. The van der Waals surface area contributed by atoms with Crippen LogP contribution in [0.3, 0.4) is 0 Å². The number of ether oxygens (including phenoxy) is 2. The third kappa shape index (κ3) is 3.84. The highest BCUT2D eigenvalue weighted by Crippen LogP contribution is 2.44. The summed E-state index contributed by atoms with van der Waals surface area (Å²) in [6.45, 7) is 0.533. The number of hydrogen-bond donors (Lipinski definition) is 1. The summed E-state index contributed by atoms with van der Waals surface area (Å²) in [4.78, 5) is 17.5. The number of amides is 2. The fourth-order valence-corrected chi connectivity index (χ4v) is 6.89. The van der Waals surface area contributed by atoms with Crippen LogP contribution in [0.5, 0.6) is 11.5 Å². The van der Waals surface area contributed by atoms with Crippen LogP contribution in [0.15, 0.2) is 66.9 Å². The molecule has 2 aromatic carbocycles. The van der Waals surface area contributed by atoms with E-state index >= 15 is 0 Å². The van der Waals surface area contributed by atoms with Crippen molar-refractivity contribution in [1.82, 2.24) is 9.47 Å². The first-order chi connectivity index (χ1) is 17.7. The molecule has 2 aliphatic rings. The Balaban J connectivity index is 1.50. The van der Waals surface area contributed by atoms with E-state index in [0.717, 1.165) is 29.8 Å². The van der Waals surface area contributed by atoms with Gasteiger partial charge in [0.25, 0.3) is 0 Å². The number of aryl methyl sites for hydroxylation is 1. The molecule has 6 nitrogen and oxygen atoms in total. The summed E-state index contributed by atoms with van der Waals surface area (Å²) >= 11 is 1.89. The van der Waals surface area contributed by atoms with E-state index in [-0.39, 0.29) is 12.1 Å². The molecule has 0 unspecified atom stereocenters. The molecule has 0 radical (unpaired) electrons. The lowest BCUT2D eigenvalue weighted by molar-refractivity contribution is 0.194. The van der Waals surface area contributed by atoms with E-state index in [1.165, 1.54) is 33.8 Å². The highest BCUT2D eigenvalue weighted by Gasteiger charge is 2.36. The van der Waals surface area contributed by atoms with Crippen LogP contribution in [0.2, 0.25) is 0 Å². The molecule has 1 aliphatic carbocycles. The highest BCUT2D eigenvalue weighted by atomic mass is 32.1. The topological polar surface area (TPSA) is 55.7 Å². The first-order valence-corrected chi connectivity index (χ1v) is 13.1. The molecule has 2 amide bonds. The maximum absolute atomic E-state index is 14.1. The molecule has 0 spiro atoms. The minimum atomic E-state index is -0.288. The Morgan fingerprint density at radius 1 is 0.972 bits per heavy atom. The molecule has 1 atom stereocenters. The second-order valence-electron chi connectivity index (χ2n) is 9.24. The molecule has 1 aliphatic heterocycles. The number of para-hydroxylation sites is 2. The lowest BCUT2D eigenvalue weighted by atomic mass is 9.95. The Kier molecular flexibility index (Phi) is 5.93. The van der Waals surface area contributed by atoms with Gasteiger partial charge >= 0.3 is 6.03 Å². The zero-order valence-corrected chi connectivity index (χ0v) is 21.3. The van der Waals surface area contributed by atoms with Crippen molar-refractivity contribution in [3.8, 4) is 16.5 Å². The van der Waals surface area contributed by atoms with Crippen molar-refractivity contribution in [3.63, 3.8) is 0 Å². The van der Waals surface area contributed by atoms with Crippen molar-refractivity contribution in [3.05, 3.63) is 94.1 Å². The lowest BCUT2D eigenvalue weighted by Gasteiger charge is -2.31. The molecule has 0 saturated carbocycles. The fourth-order valence-electron chi connectivity index (χ4n) is 5.48. The van der Waals surface area contributed by atoms with Gasteiger partial charge in [-0.05, 0) is 73.2 Å². The maximum Gasteiger partial charge on any atom is 0.323 e. The van der Waals surface area contributed by atoms with Crippen molar-refractivity contribution in [1.29, 1.82) is 0 Å². The van der Waals surface area contributed by atoms with E-state index in [2.05, 4.69) is 34.3 Å². The zero-order valence-electron chi connectivity index (χ0n) is 20.5. The quantitative estimate of drug-likeness (QED) is 0.345. The number of aromatic nitrogens is 1. The Bertz CT molecular complexity index is 1420. The van der Waals surface area contributed by atoms with Crippen LogP contribution in [0.25, 0.3) is 5.00 Å². The van der Waals surface area contributed by atoms with Gasteiger partial charge in [0.15, 0.2) is 0 Å². The molecule has 184 valence electrons. The van der Waals surface area contributed by atoms with Gasteiger partial charge in [-0.15, -0.1) is 11.3 Å². The summed E-state index contributed by atoms with van der Waals surface area (Å²) in [5, 5.41) is 4.38. The van der Waals surface area contributed by atoms with Crippen LogP contribution in [0.1, 0.15) is 46.1 Å². The van der Waals surface area contributed by atoms with Gasteiger partial charge in [0.1, 0.15) is 16.5 Å². The summed E-state index contributed by atoms with van der Waals surface area (Å²) in [5.41, 5.74) is 5.43. The van der Waals surface area contributed by atoms with Crippen LogP contribution in [0.4, 0.5) is 10.5 Å². The van der Waals surface area contributed by atoms with Gasteiger partial charge in [-0.1, -0.05) is 24.3 Å². The smallest absolute Gasteiger partial charge is 0.323 e. The minimum absolute atomic E-state index is 0.163. The third-order valence-corrected chi connectivity index (χ3v) is 8.53. The number of methoxy groups -OCH3 is 2. The fraction of sp³-hybridized carbons (Fsp3) is 0.276. The molecule has 36 heavy (non-hydrogen) atoms. The van der Waals surface area contributed by atoms with E-state index in [1.54, 1.807) is 14.2 Å². The number of urea groups is 1. The number of fused-ring (bicyclic) bond motifs is 5. The molecule has 0 fully saturated rings. The average Bonchev–Trinajstić information content (AvgIpc) is 3.50. The van der Waals surface area contributed by atoms with Crippen molar-refractivity contribution in [2.45, 2.75) is 38.3 Å². The first-order valence-electron chi connectivity index (χ1n) is 12.3. The number of anilines is 1. The maximum atomic E-state index is 14.1. The van der Waals surface area contributed by atoms with E-state index in [4.69, 9.17) is 9.47 Å². The molecule has 7 heteroatoms. The monoisotopic (exact) mass is 499 g/mol. The van der Waals surface area contributed by atoms with E-state index in [1.807, 2.05) is 58.7 Å². The van der Waals surface area contributed by atoms with E-state index < -0.39 is 0 Å². The van der Waals surface area contributed by atoms with Gasteiger partial charge < -0.3 is 24.3 Å². The van der Waals surface area contributed by atoms with Gasteiger partial charge in [-0.25, -0.2) is 4.79 Å². The van der Waals surface area contributed by atoms with Crippen molar-refractivity contribution in [2.24, 2.45) is 0 Å². The standard InChI is InChI=1S/C29H29N3O3S/c1-34-20-10-7-9-19(17-20)27-24-13-8-16-31(24)28-22(21-11-3-6-15-26(21)36-28)18-32(27)29(33)30-23-12-4-5-14-25(23)35-2/h4-5,7-10,12-14,16-17,27H,3,6,11,15,18H2,1-2H3,(H,30,33)/t27-/m1/s1. The van der Waals surface area contributed by atoms with E-state index in [0.29, 0.717) is 18.0 Å². The number of benzene rings is 2. The predicted octanol–water partition coefficient (Wildman–Crippen LogP) is 6.57. The number of nitrogens with one attached hydrogen (secondary N) is 1. The summed E-state index contributed by atoms with van der Waals surface area (Å²) in [7, 11) is 3.29. The van der Waals surface area contributed by atoms with Crippen molar-refractivity contribution in [2.75, 3.05) is 19.5 Å². The Morgan fingerprint density at radius 2 is 1.83 bits per heavy atom. The van der Waals surface area contributed by atoms with Crippen LogP contribution in [-0.2, 0) is 19.4 Å². The molecule has 0 bridgehead atoms. The molecule has 0 saturated heterocycles. The van der Waals surface area contributed by atoms with Crippen LogP contribution < -0.4 is 14.8 Å². The third-order valence-electron chi connectivity index (χ3n) is 7.20. The average molecular weight is 500 g/mol. The second-order valence-corrected chi connectivity index (χ2v) is 10.3. The van der Waals surface area contributed by atoms with Gasteiger partial charge in [0, 0.05) is 16.6 Å². The molecular weight excluding hydrogens is 470 g/mol. The molecule has 4 aromatic rings. The summed E-state index contributed by atoms with van der Waals surface area (Å²) in [5.74, 6) is 1.41. The summed E-state index contributed by atoms with van der Waals surface area (Å²) in [6.07, 6.45) is 6.75. The SMILES string of the molecule is COc1cccc([C@@H]2c3cccn3-c3sc4c(c3CN2C(=O)Nc2ccccc2OC)CCCC4)c1. The van der Waals surface area contributed by atoms with E-state index in [9.17, 15) is 4.79 Å². The zero-order chi connectivity index (χ0) is 24.6. The van der Waals surface area contributed by atoms with Gasteiger partial charge in [-0.3, -0.25) is 0 Å². The Labute approximate surface area is 215 Å². The molecule has 6 rings (SSSR count). The first kappa shape index (κ1) is 22.7. The summed E-state index contributed by atoms with van der Waals surface area (Å²) < 4.78 is 13.3. The van der Waals surface area contributed by atoms with Crippen molar-refractivity contribution >= 4 is 23.1 Å². The number of carbonyl (C=O) groups is 1. The molecular formula is C29H29N3O3S. The predicted molar refractivity (Wildman–Crippen MR) is 143 cm³/mol. The van der Waals surface area contributed by atoms with Crippen LogP contribution in [-0.4, -0.2) is 29.7 Å². The van der Waals surface area contributed by atoms with Crippen LogP contribution >= 0.6 is 11.3 Å². The molecule has 1 N–H and O–H groups in total. The summed E-state index contributed by atoms with van der Waals surface area (Å²) in [6, 6.07) is 19.3. The number of carbonyl (C=O) groups excluding carboxylic acids is 1. The van der Waals surface area contributed by atoms with Crippen LogP contribution in [0, 0.1) is 0 Å². The number of nitrogens with zero attached hydrogens (tertiary/aromatic N) is 2. The normalized spacial score (nSPS) is 16.4. The number of rotatable bonds is 4. The Morgan fingerprint density at radius 3 is 2.69 bits per heavy atom. The molecule has 3 heterocycles. The van der Waals surface area contributed by atoms with Gasteiger partial charge in [0.2, 0.25) is 0 Å². The molecule has 2 aromatic heterocycles. The largest absolute Gasteiger partial charge is 0.497 e. The second kappa shape index (κ2) is 9.39. The minimum Gasteiger partial charge on any atom is -0.497 e. The van der Waals surface area contributed by atoms with Crippen molar-refractivity contribution < 1.29 is 14.3 Å². The Hall–Kier alpha value is -3.71.